The Morgan fingerprint density at radius 1 is 1.06 bits per heavy atom. The summed E-state index contributed by atoms with van der Waals surface area (Å²) >= 11 is 0. The van der Waals surface area contributed by atoms with Crippen molar-refractivity contribution in [2.75, 3.05) is 6.54 Å². The lowest BCUT2D eigenvalue weighted by Crippen LogP contribution is -2.37. The second-order valence-electron chi connectivity index (χ2n) is 7.59. The molecule has 1 N–H and O–H groups in total. The number of hydrogen-bond acceptors (Lipinski definition) is 5. The molecule has 2 aromatic rings. The van der Waals surface area contributed by atoms with Crippen LogP contribution in [0.1, 0.15) is 50.3 Å². The van der Waals surface area contributed by atoms with Gasteiger partial charge in [-0.3, -0.25) is 14.4 Å². The highest BCUT2D eigenvalue weighted by molar-refractivity contribution is 6.02. The van der Waals surface area contributed by atoms with Crippen LogP contribution in [0, 0.1) is 5.82 Å². The molecule has 0 bridgehead atoms. The van der Waals surface area contributed by atoms with Crippen molar-refractivity contribution in [2.45, 2.75) is 45.3 Å². The van der Waals surface area contributed by atoms with E-state index < -0.39 is 18.0 Å². The van der Waals surface area contributed by atoms with Gasteiger partial charge in [0, 0.05) is 12.8 Å². The second kappa shape index (κ2) is 10.7. The van der Waals surface area contributed by atoms with Gasteiger partial charge in [0.2, 0.25) is 5.91 Å². The summed E-state index contributed by atoms with van der Waals surface area (Å²) in [6.45, 7) is 3.68. The lowest BCUT2D eigenvalue weighted by molar-refractivity contribution is -0.156. The molecule has 0 radical (unpaired) electrons. The fraction of sp³-hybridized carbons (Fsp3) is 0.333. The van der Waals surface area contributed by atoms with E-state index in [1.807, 2.05) is 30.3 Å². The number of halogens is 1. The largest absolute Gasteiger partial charge is 0.453 e. The van der Waals surface area contributed by atoms with Crippen LogP contribution in [0.4, 0.5) is 4.39 Å². The molecule has 0 unspecified atom stereocenters. The quantitative estimate of drug-likeness (QED) is 0.639. The van der Waals surface area contributed by atoms with E-state index in [1.165, 1.54) is 24.1 Å². The normalized spacial score (nSPS) is 15.0. The maximum Gasteiger partial charge on any atom is 0.307 e. The Balaban J connectivity index is 1.43. The summed E-state index contributed by atoms with van der Waals surface area (Å²) in [4.78, 5) is 36.8. The van der Waals surface area contributed by atoms with Crippen molar-refractivity contribution in [3.8, 4) is 0 Å². The molecule has 0 fully saturated rings. The van der Waals surface area contributed by atoms with Crippen LogP contribution in [-0.4, -0.2) is 41.2 Å². The number of hydrazone groups is 1. The van der Waals surface area contributed by atoms with Gasteiger partial charge in [-0.1, -0.05) is 42.5 Å². The Labute approximate surface area is 186 Å². The number of rotatable bonds is 8. The monoisotopic (exact) mass is 439 g/mol. The lowest BCUT2D eigenvalue weighted by Gasteiger charge is -2.18. The summed E-state index contributed by atoms with van der Waals surface area (Å²) in [5.41, 5.74) is 2.53. The number of nitrogens with one attached hydrogen (secondary N) is 1. The average molecular weight is 439 g/mol. The molecule has 32 heavy (non-hydrogen) atoms. The van der Waals surface area contributed by atoms with E-state index in [1.54, 1.807) is 19.1 Å². The van der Waals surface area contributed by atoms with Crippen molar-refractivity contribution in [3.63, 3.8) is 0 Å². The fourth-order valence-corrected chi connectivity index (χ4v) is 3.28. The van der Waals surface area contributed by atoms with E-state index in [0.717, 1.165) is 16.8 Å². The average Bonchev–Trinajstić information content (AvgIpc) is 3.29. The molecular weight excluding hydrogens is 413 g/mol. The highest BCUT2D eigenvalue weighted by Crippen LogP contribution is 2.16. The van der Waals surface area contributed by atoms with E-state index in [-0.39, 0.29) is 30.6 Å². The van der Waals surface area contributed by atoms with Crippen molar-refractivity contribution in [1.29, 1.82) is 0 Å². The molecule has 7 nitrogen and oxygen atoms in total. The standard InChI is InChI=1S/C24H26FN3O4/c1-16(18-8-10-20(25)11-9-18)26-24(31)17(2)32-23(30)13-12-22(29)28-15-14-21(27-28)19-6-4-3-5-7-19/h3-11,16-17H,12-15H2,1-2H3,(H,26,31)/t16-,17-/m0/s1. The smallest absolute Gasteiger partial charge is 0.307 e. The summed E-state index contributed by atoms with van der Waals surface area (Å²) in [7, 11) is 0. The SMILES string of the molecule is C[C@H](OC(=O)CCC(=O)N1CCC(c2ccccc2)=N1)C(=O)N[C@@H](C)c1ccc(F)cc1. The minimum Gasteiger partial charge on any atom is -0.453 e. The van der Waals surface area contributed by atoms with Gasteiger partial charge >= 0.3 is 5.97 Å². The van der Waals surface area contributed by atoms with Crippen molar-refractivity contribution >= 4 is 23.5 Å². The molecule has 0 saturated heterocycles. The van der Waals surface area contributed by atoms with Gasteiger partial charge < -0.3 is 10.1 Å². The van der Waals surface area contributed by atoms with Gasteiger partial charge in [-0.15, -0.1) is 0 Å². The molecule has 168 valence electrons. The molecule has 2 amide bonds. The summed E-state index contributed by atoms with van der Waals surface area (Å²) in [6.07, 6.45) is -0.555. The first-order valence-electron chi connectivity index (χ1n) is 10.5. The third kappa shape index (κ3) is 6.23. The Kier molecular flexibility index (Phi) is 7.70. The molecule has 0 saturated carbocycles. The summed E-state index contributed by atoms with van der Waals surface area (Å²) in [5.74, 6) is -1.74. The maximum absolute atomic E-state index is 13.0. The van der Waals surface area contributed by atoms with E-state index in [4.69, 9.17) is 4.74 Å². The molecule has 1 aliphatic heterocycles. The lowest BCUT2D eigenvalue weighted by atomic mass is 10.1. The molecule has 3 rings (SSSR count). The van der Waals surface area contributed by atoms with Gasteiger partial charge in [-0.05, 0) is 37.1 Å². The molecule has 0 spiro atoms. The van der Waals surface area contributed by atoms with E-state index in [2.05, 4.69) is 10.4 Å². The number of carbonyl (C=O) groups is 3. The molecule has 0 aromatic heterocycles. The third-order valence-corrected chi connectivity index (χ3v) is 5.15. The summed E-state index contributed by atoms with van der Waals surface area (Å²) < 4.78 is 18.2. The van der Waals surface area contributed by atoms with Crippen LogP contribution in [0.3, 0.4) is 0 Å². The number of hydrogen-bond donors (Lipinski definition) is 1. The minimum atomic E-state index is -1.02. The predicted molar refractivity (Wildman–Crippen MR) is 117 cm³/mol. The van der Waals surface area contributed by atoms with Crippen LogP contribution in [0.25, 0.3) is 0 Å². The Bertz CT molecular complexity index is 992. The van der Waals surface area contributed by atoms with Crippen molar-refractivity contribution < 1.29 is 23.5 Å². The molecule has 2 atom stereocenters. The van der Waals surface area contributed by atoms with Crippen LogP contribution in [0.2, 0.25) is 0 Å². The third-order valence-electron chi connectivity index (χ3n) is 5.15. The summed E-state index contributed by atoms with van der Waals surface area (Å²) in [5, 5.41) is 8.44. The highest BCUT2D eigenvalue weighted by Gasteiger charge is 2.24. The number of amides is 2. The molecule has 1 heterocycles. The van der Waals surface area contributed by atoms with Crippen LogP contribution in [-0.2, 0) is 19.1 Å². The van der Waals surface area contributed by atoms with Crippen molar-refractivity contribution in [1.82, 2.24) is 10.3 Å². The topological polar surface area (TPSA) is 88.1 Å². The number of ether oxygens (including phenoxy) is 1. The van der Waals surface area contributed by atoms with Gasteiger partial charge in [0.15, 0.2) is 6.10 Å². The number of carbonyl (C=O) groups excluding carboxylic acids is 3. The first-order chi connectivity index (χ1) is 15.3. The van der Waals surface area contributed by atoms with E-state index in [9.17, 15) is 18.8 Å². The number of benzene rings is 2. The van der Waals surface area contributed by atoms with Gasteiger partial charge in [-0.25, -0.2) is 9.40 Å². The van der Waals surface area contributed by atoms with Crippen LogP contribution >= 0.6 is 0 Å². The molecule has 8 heteroatoms. The molecule has 2 aromatic carbocycles. The highest BCUT2D eigenvalue weighted by atomic mass is 19.1. The molecule has 0 aliphatic carbocycles. The number of esters is 1. The van der Waals surface area contributed by atoms with Gasteiger partial charge in [0.25, 0.3) is 5.91 Å². The zero-order valence-corrected chi connectivity index (χ0v) is 18.1. The zero-order chi connectivity index (χ0) is 23.1. The predicted octanol–water partition coefficient (Wildman–Crippen LogP) is 3.35. The van der Waals surface area contributed by atoms with Crippen LogP contribution in [0.5, 0.6) is 0 Å². The zero-order valence-electron chi connectivity index (χ0n) is 18.1. The second-order valence-corrected chi connectivity index (χ2v) is 7.59. The van der Waals surface area contributed by atoms with Gasteiger partial charge in [0.05, 0.1) is 24.7 Å². The Hall–Kier alpha value is -3.55. The fourth-order valence-electron chi connectivity index (χ4n) is 3.28. The van der Waals surface area contributed by atoms with Gasteiger partial charge in [-0.2, -0.15) is 5.10 Å². The van der Waals surface area contributed by atoms with Crippen molar-refractivity contribution in [3.05, 3.63) is 71.5 Å². The minimum absolute atomic E-state index is 0.0509. The van der Waals surface area contributed by atoms with Crippen LogP contribution < -0.4 is 5.32 Å². The molecule has 1 aliphatic rings. The van der Waals surface area contributed by atoms with E-state index >= 15 is 0 Å². The first-order valence-corrected chi connectivity index (χ1v) is 10.5. The maximum atomic E-state index is 13.0. The first kappa shape index (κ1) is 23.1. The molecular formula is C24H26FN3O4. The van der Waals surface area contributed by atoms with Crippen LogP contribution in [0.15, 0.2) is 59.7 Å². The Morgan fingerprint density at radius 2 is 1.75 bits per heavy atom. The number of nitrogens with zero attached hydrogens (tertiary/aromatic N) is 2. The summed E-state index contributed by atoms with van der Waals surface area (Å²) in [6, 6.07) is 15.0. The Morgan fingerprint density at radius 3 is 2.44 bits per heavy atom. The van der Waals surface area contributed by atoms with Crippen molar-refractivity contribution in [2.24, 2.45) is 5.10 Å². The van der Waals surface area contributed by atoms with E-state index in [0.29, 0.717) is 13.0 Å². The van der Waals surface area contributed by atoms with Gasteiger partial charge in [0.1, 0.15) is 5.82 Å².